The van der Waals surface area contributed by atoms with Crippen molar-refractivity contribution in [2.24, 2.45) is 5.92 Å². The molecule has 2 aliphatic heterocycles. The molecule has 0 spiro atoms. The van der Waals surface area contributed by atoms with E-state index in [0.29, 0.717) is 36.6 Å². The van der Waals surface area contributed by atoms with Gasteiger partial charge >= 0.3 is 6.03 Å². The maximum atomic E-state index is 13.6. The number of benzene rings is 2. The van der Waals surface area contributed by atoms with Gasteiger partial charge in [0, 0.05) is 37.3 Å². The fourth-order valence-electron chi connectivity index (χ4n) is 4.67. The zero-order valence-corrected chi connectivity index (χ0v) is 22.7. The SMILES string of the molecule is CC(C)NC(=O)Nc1ccc2c(c1)C(=O)N([C@H](C)CO)C[C@@H](C)[C@@H](CN(C)Cc1ccc3c(c1)OCO3)O2. The van der Waals surface area contributed by atoms with Crippen LogP contribution in [0.2, 0.25) is 0 Å². The molecule has 0 saturated carbocycles. The number of rotatable bonds is 8. The van der Waals surface area contributed by atoms with Gasteiger partial charge in [-0.1, -0.05) is 13.0 Å². The highest BCUT2D eigenvalue weighted by Crippen LogP contribution is 2.33. The summed E-state index contributed by atoms with van der Waals surface area (Å²) in [7, 11) is 2.03. The maximum absolute atomic E-state index is 13.6. The van der Waals surface area contributed by atoms with E-state index in [1.807, 2.05) is 46.0 Å². The fourth-order valence-corrected chi connectivity index (χ4v) is 4.67. The highest BCUT2D eigenvalue weighted by molar-refractivity contribution is 5.99. The lowest BCUT2D eigenvalue weighted by atomic mass is 9.99. The number of hydrogen-bond donors (Lipinski definition) is 3. The summed E-state index contributed by atoms with van der Waals surface area (Å²) in [5.74, 6) is 1.71. The summed E-state index contributed by atoms with van der Waals surface area (Å²) in [5, 5.41) is 15.4. The van der Waals surface area contributed by atoms with Gasteiger partial charge in [-0.2, -0.15) is 0 Å². The molecule has 0 fully saturated rings. The smallest absolute Gasteiger partial charge is 0.319 e. The molecule has 3 N–H and O–H groups in total. The molecule has 2 heterocycles. The van der Waals surface area contributed by atoms with Gasteiger partial charge in [-0.15, -0.1) is 0 Å². The minimum atomic E-state index is -0.372. The first kappa shape index (κ1) is 27.5. The highest BCUT2D eigenvalue weighted by atomic mass is 16.7. The molecule has 0 saturated heterocycles. The number of carbonyl (C=O) groups is 2. The summed E-state index contributed by atoms with van der Waals surface area (Å²) in [6, 6.07) is 10.3. The van der Waals surface area contributed by atoms with Crippen LogP contribution >= 0.6 is 0 Å². The van der Waals surface area contributed by atoms with E-state index in [-0.39, 0.29) is 49.4 Å². The zero-order chi connectivity index (χ0) is 27.4. The van der Waals surface area contributed by atoms with Gasteiger partial charge in [0.1, 0.15) is 11.9 Å². The quantitative estimate of drug-likeness (QED) is 0.484. The standard InChI is InChI=1S/C28H38N4O6/c1-17(2)29-28(35)30-21-7-9-23-22(11-21)27(34)32(19(4)15-33)12-18(3)26(38-23)14-31(5)13-20-6-8-24-25(10-20)37-16-36-24/h6-11,17-19,26,33H,12-16H2,1-5H3,(H2,29,30,35)/t18-,19-,26-/m1/s1. The number of likely N-dealkylation sites (N-methyl/N-ethyl adjacent to an activating group) is 1. The summed E-state index contributed by atoms with van der Waals surface area (Å²) >= 11 is 0. The number of fused-ring (bicyclic) bond motifs is 2. The van der Waals surface area contributed by atoms with E-state index in [1.54, 1.807) is 23.1 Å². The van der Waals surface area contributed by atoms with E-state index in [0.717, 1.165) is 17.1 Å². The molecule has 3 atom stereocenters. The van der Waals surface area contributed by atoms with Gasteiger partial charge in [0.2, 0.25) is 6.79 Å². The number of aliphatic hydroxyl groups excluding tert-OH is 1. The first-order valence-corrected chi connectivity index (χ1v) is 13.0. The van der Waals surface area contributed by atoms with Crippen LogP contribution in [0.25, 0.3) is 0 Å². The van der Waals surface area contributed by atoms with Gasteiger partial charge in [-0.05, 0) is 63.7 Å². The van der Waals surface area contributed by atoms with Crippen molar-refractivity contribution < 1.29 is 28.9 Å². The minimum Gasteiger partial charge on any atom is -0.488 e. The molecule has 2 aromatic carbocycles. The van der Waals surface area contributed by atoms with Gasteiger partial charge in [-0.3, -0.25) is 9.69 Å². The Morgan fingerprint density at radius 3 is 2.61 bits per heavy atom. The fraction of sp³-hybridized carbons (Fsp3) is 0.500. The lowest BCUT2D eigenvalue weighted by molar-refractivity contribution is 0.0341. The third-order valence-corrected chi connectivity index (χ3v) is 6.72. The number of urea groups is 1. The van der Waals surface area contributed by atoms with Crippen LogP contribution in [0.15, 0.2) is 36.4 Å². The van der Waals surface area contributed by atoms with Crippen LogP contribution in [0.4, 0.5) is 10.5 Å². The van der Waals surface area contributed by atoms with Crippen LogP contribution in [0.3, 0.4) is 0 Å². The Morgan fingerprint density at radius 2 is 1.87 bits per heavy atom. The van der Waals surface area contributed by atoms with E-state index in [9.17, 15) is 14.7 Å². The van der Waals surface area contributed by atoms with E-state index < -0.39 is 0 Å². The summed E-state index contributed by atoms with van der Waals surface area (Å²) in [6.07, 6.45) is -0.225. The number of aliphatic hydroxyl groups is 1. The zero-order valence-electron chi connectivity index (χ0n) is 22.7. The molecule has 38 heavy (non-hydrogen) atoms. The second-order valence-corrected chi connectivity index (χ2v) is 10.5. The van der Waals surface area contributed by atoms with Crippen LogP contribution in [0, 0.1) is 5.92 Å². The maximum Gasteiger partial charge on any atom is 0.319 e. The average molecular weight is 527 g/mol. The average Bonchev–Trinajstić information content (AvgIpc) is 3.33. The van der Waals surface area contributed by atoms with E-state index >= 15 is 0 Å². The van der Waals surface area contributed by atoms with Gasteiger partial charge in [0.05, 0.1) is 18.2 Å². The molecule has 2 aromatic rings. The van der Waals surface area contributed by atoms with Gasteiger partial charge in [0.15, 0.2) is 11.5 Å². The van der Waals surface area contributed by atoms with Crippen LogP contribution in [-0.2, 0) is 6.54 Å². The Balaban J connectivity index is 1.55. The summed E-state index contributed by atoms with van der Waals surface area (Å²) in [6.45, 7) is 9.43. The van der Waals surface area contributed by atoms with Crippen LogP contribution < -0.4 is 24.8 Å². The molecular formula is C28H38N4O6. The number of anilines is 1. The van der Waals surface area contributed by atoms with Gasteiger partial charge < -0.3 is 34.9 Å². The second kappa shape index (κ2) is 11.9. The molecule has 10 heteroatoms. The van der Waals surface area contributed by atoms with Gasteiger partial charge in [-0.25, -0.2) is 4.79 Å². The molecule has 4 rings (SSSR count). The van der Waals surface area contributed by atoms with Crippen molar-refractivity contribution in [2.75, 3.05) is 38.9 Å². The van der Waals surface area contributed by atoms with Crippen molar-refractivity contribution in [1.82, 2.24) is 15.1 Å². The Bertz CT molecular complexity index is 1160. The topological polar surface area (TPSA) is 113 Å². The van der Waals surface area contributed by atoms with Crippen LogP contribution in [0.1, 0.15) is 43.6 Å². The van der Waals surface area contributed by atoms with Crippen molar-refractivity contribution >= 4 is 17.6 Å². The Labute approximate surface area is 223 Å². The normalized spacial score (nSPS) is 19.5. The van der Waals surface area contributed by atoms with E-state index in [2.05, 4.69) is 22.5 Å². The number of amides is 3. The summed E-state index contributed by atoms with van der Waals surface area (Å²) in [4.78, 5) is 29.7. The summed E-state index contributed by atoms with van der Waals surface area (Å²) in [5.41, 5.74) is 1.93. The number of ether oxygens (including phenoxy) is 3. The molecular weight excluding hydrogens is 488 g/mol. The van der Waals surface area contributed by atoms with Gasteiger partial charge in [0.25, 0.3) is 5.91 Å². The lowest BCUT2D eigenvalue weighted by Crippen LogP contribution is -2.49. The molecule has 2 aliphatic rings. The molecule has 0 unspecified atom stereocenters. The number of carbonyl (C=O) groups excluding carboxylic acids is 2. The Hall–Kier alpha value is -3.50. The van der Waals surface area contributed by atoms with Crippen LogP contribution in [0.5, 0.6) is 17.2 Å². The van der Waals surface area contributed by atoms with Crippen molar-refractivity contribution in [3.63, 3.8) is 0 Å². The number of nitrogens with zero attached hydrogens (tertiary/aromatic N) is 2. The number of nitrogens with one attached hydrogen (secondary N) is 2. The first-order chi connectivity index (χ1) is 18.1. The summed E-state index contributed by atoms with van der Waals surface area (Å²) < 4.78 is 17.4. The third kappa shape index (κ3) is 6.49. The molecule has 0 aromatic heterocycles. The Kier molecular flexibility index (Phi) is 8.63. The van der Waals surface area contributed by atoms with E-state index in [1.165, 1.54) is 0 Å². The first-order valence-electron chi connectivity index (χ1n) is 13.0. The monoisotopic (exact) mass is 526 g/mol. The molecule has 10 nitrogen and oxygen atoms in total. The molecule has 0 bridgehead atoms. The molecule has 3 amide bonds. The van der Waals surface area contributed by atoms with E-state index in [4.69, 9.17) is 14.2 Å². The highest BCUT2D eigenvalue weighted by Gasteiger charge is 2.33. The molecule has 0 radical (unpaired) electrons. The minimum absolute atomic E-state index is 0.00470. The second-order valence-electron chi connectivity index (χ2n) is 10.5. The van der Waals surface area contributed by atoms with Crippen molar-refractivity contribution in [2.45, 2.75) is 52.4 Å². The van der Waals surface area contributed by atoms with Crippen molar-refractivity contribution in [1.29, 1.82) is 0 Å². The predicted octanol–water partition coefficient (Wildman–Crippen LogP) is 3.30. The number of hydrogen-bond acceptors (Lipinski definition) is 7. The van der Waals surface area contributed by atoms with Crippen molar-refractivity contribution in [3.05, 3.63) is 47.5 Å². The Morgan fingerprint density at radius 1 is 1.13 bits per heavy atom. The molecule has 0 aliphatic carbocycles. The molecule has 206 valence electrons. The van der Waals surface area contributed by atoms with Crippen molar-refractivity contribution in [3.8, 4) is 17.2 Å². The predicted molar refractivity (Wildman–Crippen MR) is 144 cm³/mol. The third-order valence-electron chi connectivity index (χ3n) is 6.72. The van der Waals surface area contributed by atoms with Crippen LogP contribution in [-0.4, -0.2) is 78.6 Å². The lowest BCUT2D eigenvalue weighted by Gasteiger charge is -2.38. The largest absolute Gasteiger partial charge is 0.488 e.